The van der Waals surface area contributed by atoms with Crippen LogP contribution in [-0.4, -0.2) is 26.0 Å². The van der Waals surface area contributed by atoms with Gasteiger partial charge in [-0.25, -0.2) is 5.10 Å². The van der Waals surface area contributed by atoms with Crippen molar-refractivity contribution < 1.29 is 9.66 Å². The summed E-state index contributed by atoms with van der Waals surface area (Å²) in [5.41, 5.74) is 2.62. The molecular formula is C18H17N5O3S. The quantitative estimate of drug-likeness (QED) is 0.301. The maximum atomic E-state index is 10.9. The van der Waals surface area contributed by atoms with Gasteiger partial charge in [-0.05, 0) is 37.2 Å². The fourth-order valence-corrected chi connectivity index (χ4v) is 2.74. The molecule has 0 bridgehead atoms. The summed E-state index contributed by atoms with van der Waals surface area (Å²) in [7, 11) is 0. The van der Waals surface area contributed by atoms with Crippen molar-refractivity contribution in [3.8, 4) is 5.75 Å². The number of nitro benzene ring substituents is 1. The van der Waals surface area contributed by atoms with Crippen LogP contribution in [0.25, 0.3) is 0 Å². The molecule has 0 fully saturated rings. The number of H-pyrrole nitrogens is 1. The molecule has 8 nitrogen and oxygen atoms in total. The van der Waals surface area contributed by atoms with Crippen molar-refractivity contribution in [2.45, 2.75) is 20.5 Å². The molecule has 0 amide bonds. The third-order valence-corrected chi connectivity index (χ3v) is 4.14. The first kappa shape index (κ1) is 18.5. The third-order valence-electron chi connectivity index (χ3n) is 3.88. The highest BCUT2D eigenvalue weighted by atomic mass is 32.1. The van der Waals surface area contributed by atoms with Crippen LogP contribution in [0.1, 0.15) is 22.5 Å². The normalized spacial score (nSPS) is 11.0. The van der Waals surface area contributed by atoms with Crippen LogP contribution in [0.15, 0.2) is 47.6 Å². The largest absolute Gasteiger partial charge is 0.485 e. The van der Waals surface area contributed by atoms with E-state index in [1.165, 1.54) is 23.0 Å². The monoisotopic (exact) mass is 383 g/mol. The number of non-ortho nitro benzene ring substituents is 1. The van der Waals surface area contributed by atoms with Crippen LogP contribution in [0.3, 0.4) is 0 Å². The molecule has 0 saturated heterocycles. The van der Waals surface area contributed by atoms with Gasteiger partial charge < -0.3 is 4.74 Å². The first-order valence-corrected chi connectivity index (χ1v) is 8.50. The van der Waals surface area contributed by atoms with Crippen molar-refractivity contribution in [2.24, 2.45) is 5.10 Å². The van der Waals surface area contributed by atoms with Crippen LogP contribution >= 0.6 is 12.2 Å². The van der Waals surface area contributed by atoms with Crippen LogP contribution in [0, 0.1) is 28.7 Å². The molecule has 1 heterocycles. The summed E-state index contributed by atoms with van der Waals surface area (Å²) < 4.78 is 7.63. The Kier molecular flexibility index (Phi) is 5.41. The predicted molar refractivity (Wildman–Crippen MR) is 104 cm³/mol. The third kappa shape index (κ3) is 4.26. The zero-order valence-corrected chi connectivity index (χ0v) is 15.6. The lowest BCUT2D eigenvalue weighted by molar-refractivity contribution is -0.384. The summed E-state index contributed by atoms with van der Waals surface area (Å²) >= 11 is 5.21. The lowest BCUT2D eigenvalue weighted by Gasteiger charge is -2.11. The second-order valence-electron chi connectivity index (χ2n) is 5.86. The van der Waals surface area contributed by atoms with Gasteiger partial charge in [-0.2, -0.15) is 14.9 Å². The van der Waals surface area contributed by atoms with E-state index in [2.05, 4.69) is 15.3 Å². The van der Waals surface area contributed by atoms with Crippen LogP contribution in [0.4, 0.5) is 5.69 Å². The molecule has 2 aromatic carbocycles. The molecule has 0 saturated carbocycles. The van der Waals surface area contributed by atoms with Crippen molar-refractivity contribution in [1.29, 1.82) is 0 Å². The van der Waals surface area contributed by atoms with Crippen LogP contribution in [-0.2, 0) is 6.61 Å². The molecule has 0 aliphatic carbocycles. The number of nitrogens with one attached hydrogen (secondary N) is 1. The highest BCUT2D eigenvalue weighted by molar-refractivity contribution is 7.71. The first-order valence-electron chi connectivity index (χ1n) is 8.10. The Morgan fingerprint density at radius 3 is 2.70 bits per heavy atom. The summed E-state index contributed by atoms with van der Waals surface area (Å²) in [6.45, 7) is 4.12. The van der Waals surface area contributed by atoms with Gasteiger partial charge in [0.1, 0.15) is 12.4 Å². The maximum Gasteiger partial charge on any atom is 0.270 e. The van der Waals surface area contributed by atoms with Gasteiger partial charge in [-0.3, -0.25) is 10.1 Å². The smallest absolute Gasteiger partial charge is 0.270 e. The van der Waals surface area contributed by atoms with E-state index in [1.54, 1.807) is 12.1 Å². The first-order chi connectivity index (χ1) is 13.0. The lowest BCUT2D eigenvalue weighted by Crippen LogP contribution is -2.05. The van der Waals surface area contributed by atoms with Crippen LogP contribution in [0.5, 0.6) is 5.75 Å². The van der Waals surface area contributed by atoms with E-state index < -0.39 is 4.92 Å². The van der Waals surface area contributed by atoms with E-state index in [0.717, 1.165) is 16.9 Å². The minimum atomic E-state index is -0.454. The minimum Gasteiger partial charge on any atom is -0.485 e. The lowest BCUT2D eigenvalue weighted by atomic mass is 10.1. The maximum absolute atomic E-state index is 10.9. The van der Waals surface area contributed by atoms with E-state index in [-0.39, 0.29) is 12.3 Å². The molecular weight excluding hydrogens is 366 g/mol. The van der Waals surface area contributed by atoms with Gasteiger partial charge in [0.15, 0.2) is 5.82 Å². The van der Waals surface area contributed by atoms with Crippen molar-refractivity contribution in [1.82, 2.24) is 14.9 Å². The number of hydrogen-bond acceptors (Lipinski definition) is 6. The number of aryl methyl sites for hydroxylation is 2. The highest BCUT2D eigenvalue weighted by Crippen LogP contribution is 2.23. The molecule has 3 aromatic rings. The van der Waals surface area contributed by atoms with Gasteiger partial charge >= 0.3 is 0 Å². The molecule has 9 heteroatoms. The standard InChI is InChI=1S/C18H17N5O3S/c1-12-5-3-6-13(2)17(12)26-11-16-20-21-18(27)22(16)19-10-14-7-4-8-15(9-14)23(24)25/h3-10H,11H2,1-2H3,(H,21,27)/b19-10-. The Hall–Kier alpha value is -3.33. The van der Waals surface area contributed by atoms with E-state index in [0.29, 0.717) is 16.2 Å². The number of hydrogen-bond donors (Lipinski definition) is 1. The number of rotatable bonds is 6. The fourth-order valence-electron chi connectivity index (χ4n) is 2.54. The molecule has 0 spiro atoms. The molecule has 3 rings (SSSR count). The second kappa shape index (κ2) is 7.92. The average Bonchev–Trinajstić information content (AvgIpc) is 2.99. The molecule has 27 heavy (non-hydrogen) atoms. The Morgan fingerprint density at radius 2 is 2.00 bits per heavy atom. The molecule has 1 aromatic heterocycles. The molecule has 0 radical (unpaired) electrons. The summed E-state index contributed by atoms with van der Waals surface area (Å²) in [5.74, 6) is 1.28. The summed E-state index contributed by atoms with van der Waals surface area (Å²) in [6.07, 6.45) is 1.49. The van der Waals surface area contributed by atoms with Gasteiger partial charge in [0.2, 0.25) is 4.77 Å². The Morgan fingerprint density at radius 1 is 1.30 bits per heavy atom. The molecule has 0 aliphatic rings. The van der Waals surface area contributed by atoms with Gasteiger partial charge in [0.25, 0.3) is 5.69 Å². The zero-order chi connectivity index (χ0) is 19.4. The molecule has 138 valence electrons. The van der Waals surface area contributed by atoms with Gasteiger partial charge in [0, 0.05) is 17.7 Å². The second-order valence-corrected chi connectivity index (χ2v) is 6.25. The minimum absolute atomic E-state index is 0.00618. The van der Waals surface area contributed by atoms with Crippen molar-refractivity contribution in [3.05, 3.63) is 79.9 Å². The van der Waals surface area contributed by atoms with Crippen LogP contribution in [0.2, 0.25) is 0 Å². The predicted octanol–water partition coefficient (Wildman–Crippen LogP) is 3.93. The van der Waals surface area contributed by atoms with Gasteiger partial charge in [-0.1, -0.05) is 30.3 Å². The summed E-state index contributed by atoms with van der Waals surface area (Å²) in [6, 6.07) is 12.1. The average molecular weight is 383 g/mol. The number of aromatic nitrogens is 3. The molecule has 1 N–H and O–H groups in total. The summed E-state index contributed by atoms with van der Waals surface area (Å²) in [4.78, 5) is 10.4. The summed E-state index contributed by atoms with van der Waals surface area (Å²) in [5, 5.41) is 22.0. The SMILES string of the molecule is Cc1cccc(C)c1OCc1n[nH]c(=S)n1/N=C\c1cccc([N+](=O)[O-])c1. The molecule has 0 atom stereocenters. The van der Waals surface area contributed by atoms with Gasteiger partial charge in [-0.15, -0.1) is 0 Å². The number of nitrogens with zero attached hydrogens (tertiary/aromatic N) is 4. The fraction of sp³-hybridized carbons (Fsp3) is 0.167. The van der Waals surface area contributed by atoms with E-state index in [1.807, 2.05) is 32.0 Å². The van der Waals surface area contributed by atoms with Gasteiger partial charge in [0.05, 0.1) is 11.1 Å². The topological polar surface area (TPSA) is 98.3 Å². The van der Waals surface area contributed by atoms with Crippen molar-refractivity contribution in [2.75, 3.05) is 0 Å². The van der Waals surface area contributed by atoms with Crippen molar-refractivity contribution >= 4 is 24.1 Å². The number of nitro groups is 1. The van der Waals surface area contributed by atoms with E-state index in [4.69, 9.17) is 17.0 Å². The van der Waals surface area contributed by atoms with E-state index >= 15 is 0 Å². The van der Waals surface area contributed by atoms with Crippen molar-refractivity contribution in [3.63, 3.8) is 0 Å². The number of para-hydroxylation sites is 1. The number of ether oxygens (including phenoxy) is 1. The Labute approximate surface area is 160 Å². The van der Waals surface area contributed by atoms with E-state index in [9.17, 15) is 10.1 Å². The molecule has 0 unspecified atom stereocenters. The van der Waals surface area contributed by atoms with Crippen LogP contribution < -0.4 is 4.74 Å². The Bertz CT molecular complexity index is 1050. The zero-order valence-electron chi connectivity index (χ0n) is 14.7. The number of benzene rings is 2. The highest BCUT2D eigenvalue weighted by Gasteiger charge is 2.09. The Balaban J connectivity index is 1.82. The number of aromatic amines is 1. The molecule has 0 aliphatic heterocycles.